The lowest BCUT2D eigenvalue weighted by Crippen LogP contribution is -2.20. The first kappa shape index (κ1) is 27.3. The zero-order chi connectivity index (χ0) is 26.3. The van der Waals surface area contributed by atoms with Gasteiger partial charge in [0.25, 0.3) is 5.88 Å². The molecule has 1 heterocycles. The predicted octanol–water partition coefficient (Wildman–Crippen LogP) is 5.72. The van der Waals surface area contributed by atoms with Gasteiger partial charge in [-0.25, -0.2) is 22.9 Å². The first-order valence-corrected chi connectivity index (χ1v) is 13.5. The SMILES string of the molecule is CCCCOc1nc(-c2ccc(F)cc2)c(-c2ccc(S(N)(=O)=O)cc2)cc1OC(=O)C(CC)CC. The highest BCUT2D eigenvalue weighted by molar-refractivity contribution is 7.89. The zero-order valence-electron chi connectivity index (χ0n) is 20.7. The number of rotatable bonds is 11. The van der Waals surface area contributed by atoms with Gasteiger partial charge in [0, 0.05) is 11.1 Å². The third kappa shape index (κ3) is 6.67. The minimum absolute atomic E-state index is 0.0394. The van der Waals surface area contributed by atoms with E-state index in [4.69, 9.17) is 19.6 Å². The summed E-state index contributed by atoms with van der Waals surface area (Å²) >= 11 is 0. The number of sulfonamides is 1. The van der Waals surface area contributed by atoms with E-state index < -0.39 is 15.8 Å². The number of ether oxygens (including phenoxy) is 2. The summed E-state index contributed by atoms with van der Waals surface area (Å²) in [5.74, 6) is -0.728. The van der Waals surface area contributed by atoms with E-state index in [1.54, 1.807) is 30.3 Å². The molecule has 36 heavy (non-hydrogen) atoms. The van der Waals surface area contributed by atoms with Gasteiger partial charge in [0.05, 0.1) is 23.1 Å². The smallest absolute Gasteiger partial charge is 0.314 e. The molecule has 3 aromatic rings. The summed E-state index contributed by atoms with van der Waals surface area (Å²) in [6.07, 6.45) is 2.95. The number of carbonyl (C=O) groups excluding carboxylic acids is 1. The van der Waals surface area contributed by atoms with Gasteiger partial charge in [0.2, 0.25) is 10.0 Å². The van der Waals surface area contributed by atoms with Crippen LogP contribution in [0.4, 0.5) is 4.39 Å². The van der Waals surface area contributed by atoms with Gasteiger partial charge in [-0.05, 0) is 67.3 Å². The van der Waals surface area contributed by atoms with Gasteiger partial charge in [0.15, 0.2) is 5.75 Å². The summed E-state index contributed by atoms with van der Waals surface area (Å²) in [7, 11) is -3.87. The lowest BCUT2D eigenvalue weighted by Gasteiger charge is -2.18. The number of halogens is 1. The summed E-state index contributed by atoms with van der Waals surface area (Å²) in [4.78, 5) is 17.5. The molecule has 3 rings (SSSR count). The fourth-order valence-electron chi connectivity index (χ4n) is 3.65. The van der Waals surface area contributed by atoms with E-state index in [0.717, 1.165) is 12.8 Å². The molecule has 0 bridgehead atoms. The molecule has 0 atom stereocenters. The van der Waals surface area contributed by atoms with Gasteiger partial charge in [-0.2, -0.15) is 0 Å². The largest absolute Gasteiger partial charge is 0.475 e. The van der Waals surface area contributed by atoms with Crippen molar-refractivity contribution in [2.45, 2.75) is 51.3 Å². The number of unbranched alkanes of at least 4 members (excludes halogenated alkanes) is 1. The third-order valence-electron chi connectivity index (χ3n) is 5.83. The van der Waals surface area contributed by atoms with E-state index in [1.807, 2.05) is 20.8 Å². The number of aromatic nitrogens is 1. The van der Waals surface area contributed by atoms with Gasteiger partial charge >= 0.3 is 5.97 Å². The number of benzene rings is 2. The maximum atomic E-state index is 13.6. The minimum atomic E-state index is -3.87. The highest BCUT2D eigenvalue weighted by Gasteiger charge is 2.23. The Morgan fingerprint density at radius 1 is 1.00 bits per heavy atom. The van der Waals surface area contributed by atoms with Crippen molar-refractivity contribution in [3.05, 3.63) is 60.4 Å². The molecular weight excluding hydrogens is 483 g/mol. The molecule has 0 saturated carbocycles. The highest BCUT2D eigenvalue weighted by atomic mass is 32.2. The van der Waals surface area contributed by atoms with Crippen molar-refractivity contribution < 1.29 is 27.1 Å². The molecule has 0 aliphatic carbocycles. The van der Waals surface area contributed by atoms with Crippen LogP contribution in [-0.4, -0.2) is 26.0 Å². The standard InChI is InChI=1S/C27H31FN2O5S/c1-4-7-16-34-26-24(35-27(31)18(5-2)6-3)17-23(19-10-14-22(15-11-19)36(29,32)33)25(30-26)20-8-12-21(28)13-9-20/h8-15,17-18H,4-7,16H2,1-3H3,(H2,29,32,33). The Morgan fingerprint density at radius 2 is 1.61 bits per heavy atom. The van der Waals surface area contributed by atoms with E-state index in [2.05, 4.69) is 0 Å². The van der Waals surface area contributed by atoms with E-state index >= 15 is 0 Å². The van der Waals surface area contributed by atoms with E-state index in [0.29, 0.717) is 41.8 Å². The summed E-state index contributed by atoms with van der Waals surface area (Å²) < 4.78 is 48.8. The summed E-state index contributed by atoms with van der Waals surface area (Å²) in [6, 6.07) is 13.4. The number of nitrogens with zero attached hydrogens (tertiary/aromatic N) is 1. The lowest BCUT2D eigenvalue weighted by molar-refractivity contribution is -0.139. The van der Waals surface area contributed by atoms with Crippen LogP contribution in [0.3, 0.4) is 0 Å². The molecule has 0 radical (unpaired) electrons. The van der Waals surface area contributed by atoms with Crippen molar-refractivity contribution in [1.29, 1.82) is 0 Å². The Hall–Kier alpha value is -3.30. The number of pyridine rings is 1. The Morgan fingerprint density at radius 3 is 2.17 bits per heavy atom. The van der Waals surface area contributed by atoms with Gasteiger partial charge in [-0.3, -0.25) is 4.79 Å². The predicted molar refractivity (Wildman–Crippen MR) is 137 cm³/mol. The minimum Gasteiger partial charge on any atom is -0.475 e. The van der Waals surface area contributed by atoms with Crippen LogP contribution in [0, 0.1) is 11.7 Å². The van der Waals surface area contributed by atoms with Crippen molar-refractivity contribution in [3.63, 3.8) is 0 Å². The molecule has 0 aliphatic rings. The maximum absolute atomic E-state index is 13.6. The lowest BCUT2D eigenvalue weighted by atomic mass is 9.99. The van der Waals surface area contributed by atoms with Crippen LogP contribution < -0.4 is 14.6 Å². The second-order valence-electron chi connectivity index (χ2n) is 8.40. The number of carbonyl (C=O) groups is 1. The van der Waals surface area contributed by atoms with E-state index in [9.17, 15) is 17.6 Å². The average molecular weight is 515 g/mol. The topological polar surface area (TPSA) is 109 Å². The molecule has 2 aromatic carbocycles. The molecule has 0 spiro atoms. The van der Waals surface area contributed by atoms with Gasteiger partial charge in [-0.15, -0.1) is 0 Å². The van der Waals surface area contributed by atoms with E-state index in [1.165, 1.54) is 24.3 Å². The molecular formula is C27H31FN2O5S. The summed E-state index contributed by atoms with van der Waals surface area (Å²) in [5.41, 5.74) is 2.24. The second-order valence-corrected chi connectivity index (χ2v) is 9.96. The molecule has 7 nitrogen and oxygen atoms in total. The Kier molecular flexibility index (Phi) is 9.17. The van der Waals surface area contributed by atoms with Crippen LogP contribution >= 0.6 is 0 Å². The summed E-state index contributed by atoms with van der Waals surface area (Å²) in [5, 5.41) is 5.24. The maximum Gasteiger partial charge on any atom is 0.314 e. The van der Waals surface area contributed by atoms with Gasteiger partial charge in [0.1, 0.15) is 5.82 Å². The fraction of sp³-hybridized carbons (Fsp3) is 0.333. The van der Waals surface area contributed by atoms with Crippen molar-refractivity contribution >= 4 is 16.0 Å². The Bertz CT molecular complexity index is 1290. The molecule has 2 N–H and O–H groups in total. The quantitative estimate of drug-likeness (QED) is 0.259. The second kappa shape index (κ2) is 12.1. The Balaban J connectivity index is 2.19. The average Bonchev–Trinajstić information content (AvgIpc) is 2.85. The Labute approximate surface area is 211 Å². The van der Waals surface area contributed by atoms with Crippen LogP contribution in [0.25, 0.3) is 22.4 Å². The molecule has 0 aliphatic heterocycles. The van der Waals surface area contributed by atoms with Crippen LogP contribution in [-0.2, 0) is 14.8 Å². The normalized spacial score (nSPS) is 11.5. The first-order valence-electron chi connectivity index (χ1n) is 12.0. The molecule has 0 unspecified atom stereocenters. The van der Waals surface area contributed by atoms with E-state index in [-0.39, 0.29) is 28.4 Å². The van der Waals surface area contributed by atoms with Crippen molar-refractivity contribution in [3.8, 4) is 34.0 Å². The highest BCUT2D eigenvalue weighted by Crippen LogP contribution is 2.39. The summed E-state index contributed by atoms with van der Waals surface area (Å²) in [6.45, 7) is 6.25. The number of nitrogens with two attached hydrogens (primary N) is 1. The van der Waals surface area contributed by atoms with Gasteiger partial charge in [-0.1, -0.05) is 39.3 Å². The van der Waals surface area contributed by atoms with Crippen LogP contribution in [0.5, 0.6) is 11.6 Å². The molecule has 0 amide bonds. The van der Waals surface area contributed by atoms with Crippen molar-refractivity contribution in [1.82, 2.24) is 4.98 Å². The van der Waals surface area contributed by atoms with Crippen molar-refractivity contribution in [2.75, 3.05) is 6.61 Å². The molecule has 1 aromatic heterocycles. The van der Waals surface area contributed by atoms with Crippen LogP contribution in [0.15, 0.2) is 59.5 Å². The van der Waals surface area contributed by atoms with Gasteiger partial charge < -0.3 is 9.47 Å². The molecule has 9 heteroatoms. The number of hydrogen-bond donors (Lipinski definition) is 1. The van der Waals surface area contributed by atoms with Crippen LogP contribution in [0.1, 0.15) is 46.5 Å². The molecule has 192 valence electrons. The molecule has 0 fully saturated rings. The number of esters is 1. The van der Waals surface area contributed by atoms with Crippen LogP contribution in [0.2, 0.25) is 0 Å². The first-order chi connectivity index (χ1) is 17.2. The zero-order valence-corrected chi connectivity index (χ0v) is 21.5. The molecule has 0 saturated heterocycles. The fourth-order valence-corrected chi connectivity index (χ4v) is 4.17. The number of primary sulfonamides is 1. The third-order valence-corrected chi connectivity index (χ3v) is 6.76. The monoisotopic (exact) mass is 514 g/mol. The number of hydrogen-bond acceptors (Lipinski definition) is 6. The van der Waals surface area contributed by atoms with Crippen molar-refractivity contribution in [2.24, 2.45) is 11.1 Å².